The van der Waals surface area contributed by atoms with Crippen molar-refractivity contribution in [1.29, 1.82) is 0 Å². The zero-order chi connectivity index (χ0) is 14.7. The first-order valence-electron chi connectivity index (χ1n) is 6.64. The number of hydrogen-bond donors (Lipinski definition) is 1. The van der Waals surface area contributed by atoms with E-state index in [9.17, 15) is 5.11 Å². The lowest BCUT2D eigenvalue weighted by atomic mass is 10.1. The summed E-state index contributed by atoms with van der Waals surface area (Å²) in [5.74, 6) is 0.733. The zero-order valence-electron chi connectivity index (χ0n) is 11.5. The third-order valence-corrected chi connectivity index (χ3v) is 3.13. The second-order valence-electron chi connectivity index (χ2n) is 4.66. The van der Waals surface area contributed by atoms with E-state index in [2.05, 4.69) is 20.2 Å². The molecule has 0 saturated carbocycles. The molecule has 2 heterocycles. The van der Waals surface area contributed by atoms with Crippen LogP contribution in [0.25, 0.3) is 10.9 Å². The molecule has 0 aliphatic heterocycles. The highest BCUT2D eigenvalue weighted by atomic mass is 16.3. The van der Waals surface area contributed by atoms with Crippen LogP contribution in [0, 0.1) is 0 Å². The molecule has 3 aromatic rings. The molecular formula is C16H14N4O. The highest BCUT2D eigenvalue weighted by Crippen LogP contribution is 2.25. The topological polar surface area (TPSA) is 70.7 Å². The average molecular weight is 278 g/mol. The summed E-state index contributed by atoms with van der Waals surface area (Å²) >= 11 is 0. The second kappa shape index (κ2) is 5.66. The molecule has 1 N–H and O–H groups in total. The Labute approximate surface area is 122 Å². The molecule has 0 bridgehead atoms. The second-order valence-corrected chi connectivity index (χ2v) is 4.66. The number of para-hydroxylation sites is 1. The number of nitrogens with zero attached hydrogens (tertiary/aromatic N) is 4. The van der Waals surface area contributed by atoms with E-state index in [1.165, 1.54) is 0 Å². The lowest BCUT2D eigenvalue weighted by Crippen LogP contribution is -1.94. The van der Waals surface area contributed by atoms with Gasteiger partial charge in [0.05, 0.1) is 5.69 Å². The maximum atomic E-state index is 9.86. The van der Waals surface area contributed by atoms with Gasteiger partial charge in [-0.25, -0.2) is 9.97 Å². The first-order valence-corrected chi connectivity index (χ1v) is 6.64. The van der Waals surface area contributed by atoms with Gasteiger partial charge in [-0.15, -0.1) is 5.11 Å². The van der Waals surface area contributed by atoms with Crippen molar-refractivity contribution in [2.24, 2.45) is 10.2 Å². The Morgan fingerprint density at radius 1 is 1.05 bits per heavy atom. The Hall–Kier alpha value is -2.82. The van der Waals surface area contributed by atoms with Gasteiger partial charge in [-0.05, 0) is 31.2 Å². The molecule has 0 fully saturated rings. The van der Waals surface area contributed by atoms with Gasteiger partial charge in [0.2, 0.25) is 0 Å². The molecule has 104 valence electrons. The van der Waals surface area contributed by atoms with Crippen molar-refractivity contribution in [2.45, 2.75) is 13.0 Å². The van der Waals surface area contributed by atoms with E-state index in [0.717, 1.165) is 11.1 Å². The highest BCUT2D eigenvalue weighted by Gasteiger charge is 2.08. The minimum absolute atomic E-state index is 0.170. The van der Waals surface area contributed by atoms with E-state index in [1.54, 1.807) is 24.4 Å². The molecule has 1 unspecified atom stereocenters. The van der Waals surface area contributed by atoms with Gasteiger partial charge in [0.15, 0.2) is 5.82 Å². The van der Waals surface area contributed by atoms with Crippen molar-refractivity contribution in [3.8, 4) is 5.75 Å². The van der Waals surface area contributed by atoms with Crippen LogP contribution in [-0.2, 0) is 0 Å². The first kappa shape index (κ1) is 13.2. The maximum Gasteiger partial charge on any atom is 0.173 e. The Morgan fingerprint density at radius 2 is 1.95 bits per heavy atom. The highest BCUT2D eigenvalue weighted by molar-refractivity contribution is 5.84. The maximum absolute atomic E-state index is 9.86. The molecule has 0 spiro atoms. The number of fused-ring (bicyclic) bond motifs is 1. The Bertz CT molecular complexity index is 787. The summed E-state index contributed by atoms with van der Waals surface area (Å²) < 4.78 is 0. The van der Waals surface area contributed by atoms with E-state index in [4.69, 9.17) is 0 Å². The Kier molecular flexibility index (Phi) is 3.55. The number of rotatable bonds is 3. The number of benzene rings is 1. The molecule has 3 rings (SSSR count). The summed E-state index contributed by atoms with van der Waals surface area (Å²) in [6.07, 6.45) is 1.67. The summed E-state index contributed by atoms with van der Waals surface area (Å²) in [5.41, 5.74) is 1.33. The number of phenolic OH excluding ortho intramolecular Hbond substituents is 1. The number of aromatic hydroxyl groups is 1. The molecule has 5 nitrogen and oxygen atoms in total. The van der Waals surface area contributed by atoms with Crippen molar-refractivity contribution >= 4 is 16.7 Å². The zero-order valence-corrected chi connectivity index (χ0v) is 11.5. The molecule has 1 atom stereocenters. The van der Waals surface area contributed by atoms with Gasteiger partial charge in [-0.1, -0.05) is 24.3 Å². The van der Waals surface area contributed by atoms with Crippen molar-refractivity contribution in [3.05, 3.63) is 60.4 Å². The van der Waals surface area contributed by atoms with E-state index in [1.807, 2.05) is 37.3 Å². The number of pyridine rings is 2. The summed E-state index contributed by atoms with van der Waals surface area (Å²) in [4.78, 5) is 8.55. The van der Waals surface area contributed by atoms with Crippen LogP contribution >= 0.6 is 0 Å². The summed E-state index contributed by atoms with van der Waals surface area (Å²) in [6, 6.07) is 14.4. The van der Waals surface area contributed by atoms with Gasteiger partial charge >= 0.3 is 0 Å². The number of hydrogen-bond acceptors (Lipinski definition) is 5. The molecule has 0 aliphatic carbocycles. The van der Waals surface area contributed by atoms with E-state index in [0.29, 0.717) is 11.3 Å². The van der Waals surface area contributed by atoms with Crippen molar-refractivity contribution in [3.63, 3.8) is 0 Å². The van der Waals surface area contributed by atoms with E-state index < -0.39 is 0 Å². The van der Waals surface area contributed by atoms with Crippen LogP contribution in [0.4, 0.5) is 5.82 Å². The van der Waals surface area contributed by atoms with Gasteiger partial charge in [-0.2, -0.15) is 5.11 Å². The smallest absolute Gasteiger partial charge is 0.173 e. The fourth-order valence-corrected chi connectivity index (χ4v) is 2.00. The Balaban J connectivity index is 1.89. The SMILES string of the molecule is CC(N=Nc1ccccn1)c1ccc2cccc(O)c2n1. The molecule has 2 aromatic heterocycles. The largest absolute Gasteiger partial charge is 0.506 e. The molecule has 0 radical (unpaired) electrons. The van der Waals surface area contributed by atoms with Crippen LogP contribution in [0.5, 0.6) is 5.75 Å². The fourth-order valence-electron chi connectivity index (χ4n) is 2.00. The predicted molar refractivity (Wildman–Crippen MR) is 80.6 cm³/mol. The average Bonchev–Trinajstić information content (AvgIpc) is 2.54. The van der Waals surface area contributed by atoms with Crippen LogP contribution in [0.15, 0.2) is 65.0 Å². The van der Waals surface area contributed by atoms with Crippen LogP contribution in [0.1, 0.15) is 18.7 Å². The lowest BCUT2D eigenvalue weighted by molar-refractivity contribution is 0.480. The first-order chi connectivity index (χ1) is 10.2. The number of phenols is 1. The molecular weight excluding hydrogens is 264 g/mol. The van der Waals surface area contributed by atoms with Crippen molar-refractivity contribution in [1.82, 2.24) is 9.97 Å². The molecule has 0 aliphatic rings. The van der Waals surface area contributed by atoms with Gasteiger partial charge in [0.1, 0.15) is 17.3 Å². The van der Waals surface area contributed by atoms with Gasteiger partial charge < -0.3 is 5.11 Å². The Morgan fingerprint density at radius 3 is 2.76 bits per heavy atom. The van der Waals surface area contributed by atoms with E-state index >= 15 is 0 Å². The summed E-state index contributed by atoms with van der Waals surface area (Å²) in [5, 5.41) is 19.1. The fraction of sp³-hybridized carbons (Fsp3) is 0.125. The standard InChI is InChI=1S/C16H14N4O/c1-11(19-20-15-7-2-3-10-17-15)13-9-8-12-5-4-6-14(21)16(12)18-13/h2-11,21H,1H3. The minimum Gasteiger partial charge on any atom is -0.506 e. The molecule has 0 saturated heterocycles. The summed E-state index contributed by atoms with van der Waals surface area (Å²) in [7, 11) is 0. The van der Waals surface area contributed by atoms with Crippen LogP contribution < -0.4 is 0 Å². The summed E-state index contributed by atoms with van der Waals surface area (Å²) in [6.45, 7) is 1.90. The number of azo groups is 1. The van der Waals surface area contributed by atoms with Gasteiger partial charge in [-0.3, -0.25) is 0 Å². The van der Waals surface area contributed by atoms with Crippen molar-refractivity contribution < 1.29 is 5.11 Å². The third-order valence-electron chi connectivity index (χ3n) is 3.13. The lowest BCUT2D eigenvalue weighted by Gasteiger charge is -2.07. The predicted octanol–water partition coefficient (Wildman–Crippen LogP) is 4.18. The monoisotopic (exact) mass is 278 g/mol. The molecule has 1 aromatic carbocycles. The van der Waals surface area contributed by atoms with Gasteiger partial charge in [0, 0.05) is 11.6 Å². The number of aromatic nitrogens is 2. The minimum atomic E-state index is -0.212. The van der Waals surface area contributed by atoms with Gasteiger partial charge in [0.25, 0.3) is 0 Å². The van der Waals surface area contributed by atoms with Crippen molar-refractivity contribution in [2.75, 3.05) is 0 Å². The molecule has 21 heavy (non-hydrogen) atoms. The van der Waals surface area contributed by atoms with Crippen LogP contribution in [0.3, 0.4) is 0 Å². The van der Waals surface area contributed by atoms with Crippen LogP contribution in [-0.4, -0.2) is 15.1 Å². The third kappa shape index (κ3) is 2.86. The van der Waals surface area contributed by atoms with E-state index in [-0.39, 0.29) is 11.8 Å². The van der Waals surface area contributed by atoms with Crippen LogP contribution in [0.2, 0.25) is 0 Å². The normalized spacial score (nSPS) is 12.8. The quantitative estimate of drug-likeness (QED) is 0.730. The molecule has 5 heteroatoms. The molecule has 0 amide bonds.